The molecule has 0 spiro atoms. The molecular formula is C28H30N8O. The van der Waals surface area contributed by atoms with E-state index in [9.17, 15) is 4.79 Å². The van der Waals surface area contributed by atoms with Crippen LogP contribution in [-0.2, 0) is 11.2 Å². The van der Waals surface area contributed by atoms with Gasteiger partial charge in [-0.3, -0.25) is 14.7 Å². The summed E-state index contributed by atoms with van der Waals surface area (Å²) in [6.45, 7) is 4.88. The first-order valence-corrected chi connectivity index (χ1v) is 12.4. The summed E-state index contributed by atoms with van der Waals surface area (Å²) in [7, 11) is 2.13. The second-order valence-corrected chi connectivity index (χ2v) is 9.12. The van der Waals surface area contributed by atoms with Gasteiger partial charge in [0, 0.05) is 68.2 Å². The number of carbonyl (C=O) groups excluding carboxylic acids is 1. The van der Waals surface area contributed by atoms with Crippen LogP contribution in [-0.4, -0.2) is 75.4 Å². The molecule has 0 aliphatic carbocycles. The minimum Gasteiger partial charge on any atom is -0.340 e. The molecule has 1 saturated heterocycles. The molecule has 4 heterocycles. The molecule has 1 aromatic carbocycles. The van der Waals surface area contributed by atoms with Crippen LogP contribution in [0.15, 0.2) is 79.4 Å². The van der Waals surface area contributed by atoms with Crippen LogP contribution in [0.1, 0.15) is 11.3 Å². The van der Waals surface area contributed by atoms with E-state index in [0.717, 1.165) is 55.9 Å². The number of nitrogens with one attached hydrogen (secondary N) is 2. The highest BCUT2D eigenvalue weighted by molar-refractivity contribution is 6.00. The van der Waals surface area contributed by atoms with E-state index in [1.165, 1.54) is 11.9 Å². The van der Waals surface area contributed by atoms with E-state index in [1.54, 1.807) is 18.3 Å². The van der Waals surface area contributed by atoms with E-state index in [-0.39, 0.29) is 5.91 Å². The lowest BCUT2D eigenvalue weighted by Gasteiger charge is -2.31. The number of benzene rings is 1. The van der Waals surface area contributed by atoms with Gasteiger partial charge >= 0.3 is 0 Å². The van der Waals surface area contributed by atoms with Crippen molar-refractivity contribution in [3.63, 3.8) is 0 Å². The maximum atomic E-state index is 12.5. The Labute approximate surface area is 216 Å². The van der Waals surface area contributed by atoms with Crippen LogP contribution in [0.4, 0.5) is 17.3 Å². The Hall–Kier alpha value is -4.21. The first-order chi connectivity index (χ1) is 18.1. The molecule has 3 aromatic heterocycles. The Morgan fingerprint density at radius 1 is 1.00 bits per heavy atom. The van der Waals surface area contributed by atoms with Gasteiger partial charge in [-0.2, -0.15) is 0 Å². The van der Waals surface area contributed by atoms with Crippen molar-refractivity contribution in [3.05, 3.63) is 90.7 Å². The molecular weight excluding hydrogens is 464 g/mol. The number of amides is 1. The zero-order chi connectivity index (χ0) is 25.5. The van der Waals surface area contributed by atoms with Gasteiger partial charge in [0.1, 0.15) is 18.0 Å². The van der Waals surface area contributed by atoms with Crippen LogP contribution < -0.4 is 10.6 Å². The minimum atomic E-state index is -0.212. The summed E-state index contributed by atoms with van der Waals surface area (Å²) < 4.78 is 0. The smallest absolute Gasteiger partial charge is 0.249 e. The van der Waals surface area contributed by atoms with Gasteiger partial charge in [0.25, 0.3) is 0 Å². The summed E-state index contributed by atoms with van der Waals surface area (Å²) in [4.78, 5) is 34.6. The maximum Gasteiger partial charge on any atom is 0.249 e. The Balaban J connectivity index is 1.23. The second kappa shape index (κ2) is 11.7. The fourth-order valence-corrected chi connectivity index (χ4v) is 4.19. The molecule has 0 bridgehead atoms. The number of fused-ring (bicyclic) bond motifs is 1. The van der Waals surface area contributed by atoms with Crippen LogP contribution >= 0.6 is 0 Å². The molecule has 0 atom stereocenters. The van der Waals surface area contributed by atoms with Crippen molar-refractivity contribution >= 4 is 34.1 Å². The Bertz CT molecular complexity index is 1370. The standard InChI is InChI=1S/C28H30N8O/c1-35-13-15-36(16-14-35)12-4-6-27(37)34-26-18-24-25(19-30-26)31-20-32-28(24)33-22-9-7-21(8-10-22)17-23-5-2-3-11-29-23/h2-11,18-20H,12-17H2,1H3,(H,30,34,37)(H,31,32,33)/b6-4+. The van der Waals surface area contributed by atoms with Crippen molar-refractivity contribution in [1.82, 2.24) is 29.7 Å². The van der Waals surface area contributed by atoms with E-state index in [1.807, 2.05) is 42.6 Å². The number of piperazine rings is 1. The van der Waals surface area contributed by atoms with Crippen molar-refractivity contribution in [2.24, 2.45) is 0 Å². The molecule has 1 amide bonds. The first-order valence-electron chi connectivity index (χ1n) is 12.4. The summed E-state index contributed by atoms with van der Waals surface area (Å²) in [5.74, 6) is 0.882. The highest BCUT2D eigenvalue weighted by Gasteiger charge is 2.12. The van der Waals surface area contributed by atoms with Gasteiger partial charge in [-0.1, -0.05) is 24.3 Å². The predicted octanol–water partition coefficient (Wildman–Crippen LogP) is 3.50. The van der Waals surface area contributed by atoms with Gasteiger partial charge < -0.3 is 15.5 Å². The summed E-state index contributed by atoms with van der Waals surface area (Å²) in [5, 5.41) is 6.98. The lowest BCUT2D eigenvalue weighted by molar-refractivity contribution is -0.111. The highest BCUT2D eigenvalue weighted by atomic mass is 16.1. The van der Waals surface area contributed by atoms with E-state index < -0.39 is 0 Å². The molecule has 9 heteroatoms. The van der Waals surface area contributed by atoms with Crippen molar-refractivity contribution in [3.8, 4) is 0 Å². The van der Waals surface area contributed by atoms with E-state index in [0.29, 0.717) is 17.2 Å². The SMILES string of the molecule is CN1CCN(C/C=C/C(=O)Nc2cc3c(Nc4ccc(Cc5ccccn5)cc4)ncnc3cn2)CC1. The Morgan fingerprint density at radius 2 is 1.84 bits per heavy atom. The summed E-state index contributed by atoms with van der Waals surface area (Å²) >= 11 is 0. The van der Waals surface area contributed by atoms with E-state index in [2.05, 4.69) is 59.5 Å². The third-order valence-corrected chi connectivity index (χ3v) is 6.33. The van der Waals surface area contributed by atoms with Crippen molar-refractivity contribution < 1.29 is 4.79 Å². The molecule has 1 aliphatic rings. The molecule has 0 saturated carbocycles. The molecule has 1 fully saturated rings. The monoisotopic (exact) mass is 494 g/mol. The zero-order valence-corrected chi connectivity index (χ0v) is 20.8. The molecule has 5 rings (SSSR count). The Morgan fingerprint density at radius 3 is 2.62 bits per heavy atom. The van der Waals surface area contributed by atoms with Crippen molar-refractivity contribution in [2.75, 3.05) is 50.4 Å². The minimum absolute atomic E-state index is 0.212. The number of likely N-dealkylation sites (N-methyl/N-ethyl adjacent to an activating group) is 1. The van der Waals surface area contributed by atoms with Gasteiger partial charge in [0.2, 0.25) is 5.91 Å². The number of aromatic nitrogens is 4. The van der Waals surface area contributed by atoms with Gasteiger partial charge in [-0.15, -0.1) is 0 Å². The number of anilines is 3. The summed E-state index contributed by atoms with van der Waals surface area (Å²) in [6, 6.07) is 15.9. The quantitative estimate of drug-likeness (QED) is 0.359. The third kappa shape index (κ3) is 6.72. The molecule has 0 unspecified atom stereocenters. The molecule has 2 N–H and O–H groups in total. The fourth-order valence-electron chi connectivity index (χ4n) is 4.19. The Kier molecular flexibility index (Phi) is 7.73. The fraction of sp³-hybridized carbons (Fsp3) is 0.250. The number of carbonyl (C=O) groups is 1. The lowest BCUT2D eigenvalue weighted by atomic mass is 10.1. The van der Waals surface area contributed by atoms with Gasteiger partial charge in [-0.25, -0.2) is 15.0 Å². The van der Waals surface area contributed by atoms with Crippen molar-refractivity contribution in [1.29, 1.82) is 0 Å². The first kappa shape index (κ1) is 24.5. The van der Waals surface area contributed by atoms with E-state index >= 15 is 0 Å². The van der Waals surface area contributed by atoms with Crippen LogP contribution in [0.25, 0.3) is 10.9 Å². The number of pyridine rings is 2. The van der Waals surface area contributed by atoms with Crippen LogP contribution in [0.2, 0.25) is 0 Å². The number of rotatable bonds is 8. The van der Waals surface area contributed by atoms with Crippen molar-refractivity contribution in [2.45, 2.75) is 6.42 Å². The van der Waals surface area contributed by atoms with Crippen LogP contribution in [0.5, 0.6) is 0 Å². The molecule has 1 aliphatic heterocycles. The van der Waals surface area contributed by atoms with E-state index in [4.69, 9.17) is 0 Å². The second-order valence-electron chi connectivity index (χ2n) is 9.12. The average Bonchev–Trinajstić information content (AvgIpc) is 2.92. The lowest BCUT2D eigenvalue weighted by Crippen LogP contribution is -2.44. The van der Waals surface area contributed by atoms with Gasteiger partial charge in [0.15, 0.2) is 0 Å². The molecule has 9 nitrogen and oxygen atoms in total. The zero-order valence-electron chi connectivity index (χ0n) is 20.8. The predicted molar refractivity (Wildman–Crippen MR) is 146 cm³/mol. The summed E-state index contributed by atoms with van der Waals surface area (Å²) in [6.07, 6.45) is 9.19. The maximum absolute atomic E-state index is 12.5. The highest BCUT2D eigenvalue weighted by Crippen LogP contribution is 2.25. The van der Waals surface area contributed by atoms with Crippen LogP contribution in [0, 0.1) is 0 Å². The van der Waals surface area contributed by atoms with Crippen LogP contribution in [0.3, 0.4) is 0 Å². The summed E-state index contributed by atoms with van der Waals surface area (Å²) in [5.41, 5.74) is 3.79. The molecule has 188 valence electrons. The topological polar surface area (TPSA) is 99.2 Å². The number of hydrogen-bond donors (Lipinski definition) is 2. The third-order valence-electron chi connectivity index (χ3n) is 6.33. The normalized spacial score (nSPS) is 14.7. The van der Waals surface area contributed by atoms with Gasteiger partial charge in [0.05, 0.1) is 11.7 Å². The average molecular weight is 495 g/mol. The largest absolute Gasteiger partial charge is 0.340 e. The molecule has 37 heavy (non-hydrogen) atoms. The number of hydrogen-bond acceptors (Lipinski definition) is 8. The van der Waals surface area contributed by atoms with Gasteiger partial charge in [-0.05, 0) is 42.9 Å². The number of nitrogens with zero attached hydrogens (tertiary/aromatic N) is 6. The molecule has 0 radical (unpaired) electrons. The molecule has 4 aromatic rings.